The summed E-state index contributed by atoms with van der Waals surface area (Å²) in [5, 5.41) is 14.0. The summed E-state index contributed by atoms with van der Waals surface area (Å²) in [7, 11) is 1.51. The number of rotatable bonds is 8. The number of halogens is 1. The van der Waals surface area contributed by atoms with Gasteiger partial charge in [0.25, 0.3) is 5.91 Å². The van der Waals surface area contributed by atoms with Crippen LogP contribution >= 0.6 is 0 Å². The van der Waals surface area contributed by atoms with Crippen LogP contribution in [0.1, 0.15) is 24.0 Å². The molecule has 0 aliphatic carbocycles. The number of hydrogen-bond acceptors (Lipinski definition) is 5. The third-order valence-electron chi connectivity index (χ3n) is 5.08. The van der Waals surface area contributed by atoms with Gasteiger partial charge in [-0.15, -0.1) is 0 Å². The standard InChI is InChI=1S/C21H26FN3O3/c1-28-18-3-4-19(22)17(13-18)14-25-12-2-8-21(27,20(25)26)15-24-11-7-16-5-9-23-10-6-16/h3-6,9-10,13,24,27H,2,7-8,11-12,14-15H2,1H3. The number of piperidine rings is 1. The number of nitrogens with zero attached hydrogens (tertiary/aromatic N) is 2. The molecule has 1 aromatic carbocycles. The molecule has 2 N–H and O–H groups in total. The van der Waals surface area contributed by atoms with Crippen LogP contribution in [0.25, 0.3) is 0 Å². The molecule has 1 aliphatic rings. The highest BCUT2D eigenvalue weighted by Crippen LogP contribution is 2.25. The number of ether oxygens (including phenoxy) is 1. The Morgan fingerprint density at radius 1 is 1.32 bits per heavy atom. The van der Waals surface area contributed by atoms with Gasteiger partial charge in [0, 0.05) is 37.6 Å². The molecule has 0 saturated carbocycles. The molecule has 0 radical (unpaired) electrons. The summed E-state index contributed by atoms with van der Waals surface area (Å²) in [4.78, 5) is 18.4. The van der Waals surface area contributed by atoms with Gasteiger partial charge in [-0.3, -0.25) is 9.78 Å². The molecule has 1 fully saturated rings. The van der Waals surface area contributed by atoms with Crippen molar-refractivity contribution in [3.63, 3.8) is 0 Å². The number of methoxy groups -OCH3 is 1. The van der Waals surface area contributed by atoms with Crippen molar-refractivity contribution in [2.75, 3.05) is 26.7 Å². The van der Waals surface area contributed by atoms with Crippen molar-refractivity contribution in [3.05, 3.63) is 59.7 Å². The predicted octanol–water partition coefficient (Wildman–Crippen LogP) is 1.92. The molecule has 0 bridgehead atoms. The molecule has 6 nitrogen and oxygen atoms in total. The van der Waals surface area contributed by atoms with Gasteiger partial charge in [0.05, 0.1) is 7.11 Å². The molecule has 2 heterocycles. The summed E-state index contributed by atoms with van der Waals surface area (Å²) in [6.07, 6.45) is 5.32. The minimum Gasteiger partial charge on any atom is -0.497 e. The molecule has 1 saturated heterocycles. The Labute approximate surface area is 164 Å². The predicted molar refractivity (Wildman–Crippen MR) is 103 cm³/mol. The van der Waals surface area contributed by atoms with Crippen LogP contribution in [0, 0.1) is 5.82 Å². The van der Waals surface area contributed by atoms with Crippen molar-refractivity contribution in [2.45, 2.75) is 31.4 Å². The molecule has 1 aliphatic heterocycles. The van der Waals surface area contributed by atoms with Crippen molar-refractivity contribution in [1.82, 2.24) is 15.2 Å². The van der Waals surface area contributed by atoms with Crippen molar-refractivity contribution < 1.29 is 19.0 Å². The highest BCUT2D eigenvalue weighted by atomic mass is 19.1. The SMILES string of the molecule is COc1ccc(F)c(CN2CCCC(O)(CNCCc3ccncc3)C2=O)c1. The molecule has 1 aromatic heterocycles. The molecule has 150 valence electrons. The average molecular weight is 387 g/mol. The quantitative estimate of drug-likeness (QED) is 0.677. The van der Waals surface area contributed by atoms with Crippen LogP contribution in [-0.2, 0) is 17.8 Å². The zero-order valence-corrected chi connectivity index (χ0v) is 16.0. The van der Waals surface area contributed by atoms with Crippen LogP contribution in [0.5, 0.6) is 5.75 Å². The van der Waals surface area contributed by atoms with E-state index in [-0.39, 0.29) is 19.0 Å². The number of aliphatic hydroxyl groups is 1. The fraction of sp³-hybridized carbons (Fsp3) is 0.429. The van der Waals surface area contributed by atoms with E-state index in [2.05, 4.69) is 10.3 Å². The van der Waals surface area contributed by atoms with E-state index >= 15 is 0 Å². The van der Waals surface area contributed by atoms with Crippen LogP contribution in [0.15, 0.2) is 42.7 Å². The number of carbonyl (C=O) groups excluding carboxylic acids is 1. The molecule has 1 amide bonds. The normalized spacial score (nSPS) is 19.7. The molecular formula is C21H26FN3O3. The maximum absolute atomic E-state index is 14.1. The molecule has 3 rings (SSSR count). The van der Waals surface area contributed by atoms with E-state index in [0.717, 1.165) is 12.0 Å². The minimum atomic E-state index is -1.47. The first-order valence-corrected chi connectivity index (χ1v) is 9.45. The van der Waals surface area contributed by atoms with Crippen LogP contribution in [-0.4, -0.2) is 53.2 Å². The highest BCUT2D eigenvalue weighted by Gasteiger charge is 2.41. The third kappa shape index (κ3) is 4.85. The van der Waals surface area contributed by atoms with Gasteiger partial charge >= 0.3 is 0 Å². The molecular weight excluding hydrogens is 361 g/mol. The largest absolute Gasteiger partial charge is 0.497 e. The highest BCUT2D eigenvalue weighted by molar-refractivity contribution is 5.86. The molecule has 7 heteroatoms. The van der Waals surface area contributed by atoms with Gasteiger partial charge in [-0.1, -0.05) is 0 Å². The molecule has 1 atom stereocenters. The van der Waals surface area contributed by atoms with E-state index < -0.39 is 11.4 Å². The summed E-state index contributed by atoms with van der Waals surface area (Å²) in [5.41, 5.74) is 0.0495. The summed E-state index contributed by atoms with van der Waals surface area (Å²) >= 11 is 0. The van der Waals surface area contributed by atoms with E-state index in [1.165, 1.54) is 18.1 Å². The summed E-state index contributed by atoms with van der Waals surface area (Å²) in [5.74, 6) is -0.218. The third-order valence-corrected chi connectivity index (χ3v) is 5.08. The fourth-order valence-electron chi connectivity index (χ4n) is 3.46. The van der Waals surface area contributed by atoms with Gasteiger partial charge in [-0.25, -0.2) is 4.39 Å². The monoisotopic (exact) mass is 387 g/mol. The van der Waals surface area contributed by atoms with Gasteiger partial charge < -0.3 is 20.1 Å². The van der Waals surface area contributed by atoms with E-state index in [1.54, 1.807) is 24.5 Å². The van der Waals surface area contributed by atoms with E-state index in [9.17, 15) is 14.3 Å². The number of aromatic nitrogens is 1. The number of likely N-dealkylation sites (tertiary alicyclic amines) is 1. The zero-order chi connectivity index (χ0) is 20.0. The lowest BCUT2D eigenvalue weighted by molar-refractivity contribution is -0.157. The molecule has 28 heavy (non-hydrogen) atoms. The summed E-state index contributed by atoms with van der Waals surface area (Å²) in [6, 6.07) is 8.33. The lowest BCUT2D eigenvalue weighted by Gasteiger charge is -2.38. The zero-order valence-electron chi connectivity index (χ0n) is 16.0. The summed E-state index contributed by atoms with van der Waals surface area (Å²) < 4.78 is 19.3. The molecule has 0 spiro atoms. The van der Waals surface area contributed by atoms with Crippen molar-refractivity contribution >= 4 is 5.91 Å². The van der Waals surface area contributed by atoms with Crippen LogP contribution in [0.3, 0.4) is 0 Å². The maximum atomic E-state index is 14.1. The Balaban J connectivity index is 1.58. The Hall–Kier alpha value is -2.51. The summed E-state index contributed by atoms with van der Waals surface area (Å²) in [6.45, 7) is 1.42. The first kappa shape index (κ1) is 20.2. The number of benzene rings is 1. The number of nitrogens with one attached hydrogen (secondary N) is 1. The van der Waals surface area contributed by atoms with Crippen molar-refractivity contribution in [3.8, 4) is 5.75 Å². The first-order valence-electron chi connectivity index (χ1n) is 9.45. The van der Waals surface area contributed by atoms with Gasteiger partial charge in [-0.2, -0.15) is 0 Å². The Bertz CT molecular complexity index is 803. The van der Waals surface area contributed by atoms with E-state index in [0.29, 0.717) is 37.2 Å². The van der Waals surface area contributed by atoms with Gasteiger partial charge in [0.2, 0.25) is 0 Å². The first-order chi connectivity index (χ1) is 13.5. The Kier molecular flexibility index (Phi) is 6.59. The minimum absolute atomic E-state index is 0.112. The number of amides is 1. The Morgan fingerprint density at radius 3 is 2.86 bits per heavy atom. The van der Waals surface area contributed by atoms with Crippen LogP contribution in [0.4, 0.5) is 4.39 Å². The van der Waals surface area contributed by atoms with Crippen molar-refractivity contribution in [1.29, 1.82) is 0 Å². The smallest absolute Gasteiger partial charge is 0.256 e. The molecule has 2 aromatic rings. The second-order valence-electron chi connectivity index (χ2n) is 7.10. The fourth-order valence-corrected chi connectivity index (χ4v) is 3.46. The van der Waals surface area contributed by atoms with E-state index in [4.69, 9.17) is 4.74 Å². The topological polar surface area (TPSA) is 74.7 Å². The second-order valence-corrected chi connectivity index (χ2v) is 7.10. The van der Waals surface area contributed by atoms with Gasteiger partial charge in [-0.05, 0) is 61.7 Å². The lowest BCUT2D eigenvalue weighted by atomic mass is 9.91. The lowest BCUT2D eigenvalue weighted by Crippen LogP contribution is -2.57. The van der Waals surface area contributed by atoms with Gasteiger partial charge in [0.1, 0.15) is 11.6 Å². The van der Waals surface area contributed by atoms with Crippen LogP contribution < -0.4 is 10.1 Å². The Morgan fingerprint density at radius 2 is 2.11 bits per heavy atom. The number of carbonyl (C=O) groups is 1. The number of hydrogen-bond donors (Lipinski definition) is 2. The second kappa shape index (κ2) is 9.12. The number of pyridine rings is 1. The van der Waals surface area contributed by atoms with Crippen LogP contribution in [0.2, 0.25) is 0 Å². The maximum Gasteiger partial charge on any atom is 0.256 e. The average Bonchev–Trinajstić information content (AvgIpc) is 2.71. The van der Waals surface area contributed by atoms with E-state index in [1.807, 2.05) is 12.1 Å². The van der Waals surface area contributed by atoms with Gasteiger partial charge in [0.15, 0.2) is 5.60 Å². The van der Waals surface area contributed by atoms with Crippen molar-refractivity contribution in [2.24, 2.45) is 0 Å². The molecule has 1 unspecified atom stereocenters.